The van der Waals surface area contributed by atoms with Gasteiger partial charge in [0.15, 0.2) is 0 Å². The number of rotatable bonds is 6. The molecule has 10 heteroatoms. The molecule has 0 aliphatic carbocycles. The number of carbonyl (C=O) groups excluding carboxylic acids is 3. The predicted octanol–water partition coefficient (Wildman–Crippen LogP) is 4.02. The van der Waals surface area contributed by atoms with Crippen LogP contribution in [0.25, 0.3) is 0 Å². The Hall–Kier alpha value is -3.17. The number of hydrogen-bond acceptors (Lipinski definition) is 5. The first-order valence-electron chi connectivity index (χ1n) is 11.9. The number of carbonyl (C=O) groups is 3. The van der Waals surface area contributed by atoms with Crippen LogP contribution in [0.4, 0.5) is 14.9 Å². The van der Waals surface area contributed by atoms with Crippen molar-refractivity contribution in [1.82, 2.24) is 10.2 Å². The Bertz CT molecular complexity index is 1150. The molecule has 2 heterocycles. The average molecular weight is 518 g/mol. The molecule has 0 radical (unpaired) electrons. The van der Waals surface area contributed by atoms with Gasteiger partial charge in [-0.3, -0.25) is 4.79 Å². The van der Waals surface area contributed by atoms with Crippen molar-refractivity contribution in [1.29, 1.82) is 0 Å². The third-order valence-corrected chi connectivity index (χ3v) is 7.34. The van der Waals surface area contributed by atoms with Crippen molar-refractivity contribution in [3.05, 3.63) is 64.9 Å². The molecule has 2 aliphatic rings. The van der Waals surface area contributed by atoms with Gasteiger partial charge in [0.05, 0.1) is 18.6 Å². The van der Waals surface area contributed by atoms with E-state index in [1.807, 2.05) is 12.1 Å². The fourth-order valence-corrected chi connectivity index (χ4v) is 5.38. The Balaban J connectivity index is 1.56. The highest BCUT2D eigenvalue weighted by molar-refractivity contribution is 6.30. The van der Waals surface area contributed by atoms with Gasteiger partial charge in [0, 0.05) is 30.2 Å². The highest BCUT2D eigenvalue weighted by Gasteiger charge is 2.62. The number of anilines is 1. The largest absolute Gasteiger partial charge is 0.465 e. The van der Waals surface area contributed by atoms with Crippen LogP contribution in [0.2, 0.25) is 5.02 Å². The molecule has 2 saturated heterocycles. The maximum Gasteiger partial charge on any atom is 0.359 e. The summed E-state index contributed by atoms with van der Waals surface area (Å²) in [5, 5.41) is 13.6. The van der Waals surface area contributed by atoms with Crippen molar-refractivity contribution in [2.75, 3.05) is 25.1 Å². The first kappa shape index (κ1) is 25.9. The summed E-state index contributed by atoms with van der Waals surface area (Å²) >= 11 is 6.08. The van der Waals surface area contributed by atoms with Crippen LogP contribution in [-0.4, -0.2) is 53.8 Å². The molecule has 3 amide bonds. The molecular formula is C26H29ClFN3O5. The molecular weight excluding hydrogens is 489 g/mol. The summed E-state index contributed by atoms with van der Waals surface area (Å²) in [7, 11) is 1.14. The van der Waals surface area contributed by atoms with E-state index >= 15 is 0 Å². The number of halogens is 2. The molecule has 2 aliphatic heterocycles. The summed E-state index contributed by atoms with van der Waals surface area (Å²) in [5.74, 6) is -1.51. The number of aliphatic hydroxyl groups is 1. The second-order valence-corrected chi connectivity index (χ2v) is 9.72. The second kappa shape index (κ2) is 10.1. The van der Waals surface area contributed by atoms with E-state index in [9.17, 15) is 23.9 Å². The van der Waals surface area contributed by atoms with Gasteiger partial charge in [-0.15, -0.1) is 0 Å². The van der Waals surface area contributed by atoms with Crippen molar-refractivity contribution in [2.24, 2.45) is 5.41 Å². The summed E-state index contributed by atoms with van der Waals surface area (Å²) in [4.78, 5) is 41.6. The van der Waals surface area contributed by atoms with Crippen LogP contribution in [-0.2, 0) is 14.3 Å². The number of methoxy groups -OCH3 is 1. The molecule has 192 valence electrons. The number of hydrogen-bond donors (Lipinski definition) is 2. The van der Waals surface area contributed by atoms with Gasteiger partial charge in [0.2, 0.25) is 11.6 Å². The highest BCUT2D eigenvalue weighted by Crippen LogP contribution is 2.57. The lowest BCUT2D eigenvalue weighted by Crippen LogP contribution is -2.68. The first-order valence-corrected chi connectivity index (χ1v) is 12.3. The molecule has 1 spiro atoms. The average Bonchev–Trinajstić information content (AvgIpc) is 2.87. The van der Waals surface area contributed by atoms with Gasteiger partial charge in [0.25, 0.3) is 0 Å². The quantitative estimate of drug-likeness (QED) is 0.342. The zero-order valence-electron chi connectivity index (χ0n) is 20.2. The van der Waals surface area contributed by atoms with Crippen LogP contribution in [0.15, 0.2) is 48.5 Å². The number of nitrogens with zero attached hydrogens (tertiary/aromatic N) is 2. The van der Waals surface area contributed by atoms with Crippen LogP contribution in [0.1, 0.15) is 44.2 Å². The Labute approximate surface area is 214 Å². The number of likely N-dealkylation sites (tertiary alicyclic amines) is 1. The van der Waals surface area contributed by atoms with E-state index in [2.05, 4.69) is 10.1 Å². The first-order chi connectivity index (χ1) is 17.1. The van der Waals surface area contributed by atoms with Crippen LogP contribution >= 0.6 is 11.6 Å². The van der Waals surface area contributed by atoms with E-state index in [-0.39, 0.29) is 31.5 Å². The van der Waals surface area contributed by atoms with Crippen molar-refractivity contribution < 1.29 is 28.6 Å². The number of β-lactam (4-membered cyclic amide) rings is 1. The molecule has 8 nitrogen and oxygen atoms in total. The molecule has 0 aromatic heterocycles. The maximum atomic E-state index is 14.0. The van der Waals surface area contributed by atoms with Gasteiger partial charge >= 0.3 is 12.0 Å². The zero-order valence-corrected chi connectivity index (χ0v) is 20.9. The van der Waals surface area contributed by atoms with Crippen molar-refractivity contribution in [3.8, 4) is 0 Å². The standard InChI is InChI=1S/C26H29ClFN3O5/c1-3-11-26(35,23(33)36-2)29-24(34)30-14-12-25(13-15-30)21(17-7-9-18(27)10-8-17)31(22(25)32)20-6-4-5-19(28)16-20/h4-10,16,21,35H,3,11-15H2,1-2H3,(H,29,34). The van der Waals surface area contributed by atoms with Gasteiger partial charge in [-0.05, 0) is 48.7 Å². The normalized spacial score (nSPS) is 20.5. The number of ether oxygens (including phenoxy) is 1. The molecule has 36 heavy (non-hydrogen) atoms. The minimum absolute atomic E-state index is 0.00289. The van der Waals surface area contributed by atoms with Crippen LogP contribution in [0.5, 0.6) is 0 Å². The van der Waals surface area contributed by atoms with Gasteiger partial charge < -0.3 is 25.0 Å². The van der Waals surface area contributed by atoms with Crippen molar-refractivity contribution >= 4 is 35.2 Å². The number of benzene rings is 2. The van der Waals surface area contributed by atoms with E-state index in [0.717, 1.165) is 12.7 Å². The molecule has 0 saturated carbocycles. The lowest BCUT2D eigenvalue weighted by Gasteiger charge is -2.59. The smallest absolute Gasteiger partial charge is 0.359 e. The van der Waals surface area contributed by atoms with Gasteiger partial charge in [0.1, 0.15) is 5.82 Å². The predicted molar refractivity (Wildman–Crippen MR) is 132 cm³/mol. The van der Waals surface area contributed by atoms with Gasteiger partial charge in [-0.2, -0.15) is 0 Å². The zero-order chi connectivity index (χ0) is 26.1. The number of amides is 3. The molecule has 2 unspecified atom stereocenters. The fourth-order valence-electron chi connectivity index (χ4n) is 5.26. The van der Waals surface area contributed by atoms with Crippen LogP contribution in [0, 0.1) is 11.2 Å². The number of esters is 1. The molecule has 2 atom stereocenters. The summed E-state index contributed by atoms with van der Waals surface area (Å²) in [6, 6.07) is 12.2. The second-order valence-electron chi connectivity index (χ2n) is 9.28. The van der Waals surface area contributed by atoms with E-state index in [1.54, 1.807) is 36.1 Å². The molecule has 0 bridgehead atoms. The van der Waals surface area contributed by atoms with Crippen molar-refractivity contribution in [2.45, 2.75) is 44.4 Å². The van der Waals surface area contributed by atoms with E-state index in [4.69, 9.17) is 11.6 Å². The summed E-state index contributed by atoms with van der Waals surface area (Å²) in [6.07, 6.45) is 1.18. The minimum atomic E-state index is -2.12. The molecule has 2 aromatic carbocycles. The van der Waals surface area contributed by atoms with Gasteiger partial charge in [-0.25, -0.2) is 14.0 Å². The van der Waals surface area contributed by atoms with Crippen LogP contribution in [0.3, 0.4) is 0 Å². The van der Waals surface area contributed by atoms with E-state index < -0.39 is 29.0 Å². The number of nitrogens with one attached hydrogen (secondary N) is 1. The fraction of sp³-hybridized carbons (Fsp3) is 0.423. The Kier molecular flexibility index (Phi) is 7.24. The lowest BCUT2D eigenvalue weighted by molar-refractivity contribution is -0.166. The number of urea groups is 1. The summed E-state index contributed by atoms with van der Waals surface area (Å²) in [6.45, 7) is 2.25. The topological polar surface area (TPSA) is 99.2 Å². The Morgan fingerprint density at radius 2 is 1.89 bits per heavy atom. The monoisotopic (exact) mass is 517 g/mol. The SMILES string of the molecule is CCCC(O)(NC(=O)N1CCC2(CC1)C(=O)N(c1cccc(F)c1)C2c1ccc(Cl)cc1)C(=O)OC. The van der Waals surface area contributed by atoms with Crippen LogP contribution < -0.4 is 10.2 Å². The molecule has 4 rings (SSSR count). The van der Waals surface area contributed by atoms with Crippen molar-refractivity contribution in [3.63, 3.8) is 0 Å². The third kappa shape index (κ3) is 4.53. The Morgan fingerprint density at radius 3 is 2.47 bits per heavy atom. The lowest BCUT2D eigenvalue weighted by atomic mass is 9.62. The minimum Gasteiger partial charge on any atom is -0.465 e. The van der Waals surface area contributed by atoms with E-state index in [0.29, 0.717) is 30.0 Å². The maximum absolute atomic E-state index is 14.0. The summed E-state index contributed by atoms with van der Waals surface area (Å²) in [5.41, 5.74) is -1.57. The number of piperidine rings is 1. The molecule has 2 fully saturated rings. The van der Waals surface area contributed by atoms with E-state index in [1.165, 1.54) is 17.0 Å². The third-order valence-electron chi connectivity index (χ3n) is 7.09. The highest BCUT2D eigenvalue weighted by atomic mass is 35.5. The summed E-state index contributed by atoms with van der Waals surface area (Å²) < 4.78 is 18.6. The molecule has 2 N–H and O–H groups in total. The van der Waals surface area contributed by atoms with Gasteiger partial charge in [-0.1, -0.05) is 43.1 Å². The Morgan fingerprint density at radius 1 is 1.22 bits per heavy atom. The molecule has 2 aromatic rings.